The van der Waals surface area contributed by atoms with Crippen LogP contribution >= 0.6 is 0 Å². The molecule has 9 nitrogen and oxygen atoms in total. The van der Waals surface area contributed by atoms with Crippen LogP contribution < -0.4 is 20.7 Å². The Labute approximate surface area is 169 Å². The highest BCUT2D eigenvalue weighted by molar-refractivity contribution is 7.89. The fourth-order valence-electron chi connectivity index (χ4n) is 3.56. The van der Waals surface area contributed by atoms with Gasteiger partial charge in [0.2, 0.25) is 10.0 Å². The van der Waals surface area contributed by atoms with Gasteiger partial charge in [0.1, 0.15) is 5.75 Å². The smallest absolute Gasteiger partial charge is 0.330 e. The Morgan fingerprint density at radius 1 is 1.10 bits per heavy atom. The molecule has 1 saturated heterocycles. The maximum absolute atomic E-state index is 12.8. The number of hydrogen-bond donors (Lipinski definition) is 1. The summed E-state index contributed by atoms with van der Waals surface area (Å²) in [6.45, 7) is 1.86. The predicted molar refractivity (Wildman–Crippen MR) is 109 cm³/mol. The Hall–Kier alpha value is -2.43. The first-order valence-corrected chi connectivity index (χ1v) is 10.9. The number of nitrogens with one attached hydrogen (secondary N) is 1. The van der Waals surface area contributed by atoms with Gasteiger partial charge >= 0.3 is 5.69 Å². The van der Waals surface area contributed by atoms with E-state index >= 15 is 0 Å². The van der Waals surface area contributed by atoms with Crippen LogP contribution in [0.2, 0.25) is 0 Å². The largest absolute Gasteiger partial charge is 0.497 e. The fourth-order valence-corrected chi connectivity index (χ4v) is 4.76. The van der Waals surface area contributed by atoms with Crippen LogP contribution in [-0.4, -0.2) is 49.2 Å². The van der Waals surface area contributed by atoms with Crippen molar-refractivity contribution >= 4 is 10.0 Å². The minimum Gasteiger partial charge on any atom is -0.497 e. The standard InChI is InChI=1S/C19H26N4O5S/c1-21-13-17(18(24)22(2)19(21)25)29(26,27)20-12-16(23-10-4-5-11-23)14-6-8-15(28-3)9-7-14/h6-9,13,16,20H,4-5,10-12H2,1-3H3/t16-/m1/s1. The molecule has 3 rings (SSSR count). The van der Waals surface area contributed by atoms with Crippen molar-refractivity contribution in [3.8, 4) is 5.75 Å². The van der Waals surface area contributed by atoms with E-state index in [2.05, 4.69) is 9.62 Å². The minimum absolute atomic E-state index is 0.112. The molecule has 1 atom stereocenters. The zero-order chi connectivity index (χ0) is 21.2. The lowest BCUT2D eigenvalue weighted by atomic mass is 10.1. The SMILES string of the molecule is COc1ccc([C@@H](CNS(=O)(=O)c2cn(C)c(=O)n(C)c2=O)N2CCCC2)cc1. The molecule has 1 aromatic carbocycles. The van der Waals surface area contributed by atoms with Gasteiger partial charge in [-0.1, -0.05) is 12.1 Å². The van der Waals surface area contributed by atoms with E-state index in [1.807, 2.05) is 24.3 Å². The maximum Gasteiger partial charge on any atom is 0.330 e. The Kier molecular flexibility index (Phi) is 6.25. The summed E-state index contributed by atoms with van der Waals surface area (Å²) < 4.78 is 35.3. The number of ether oxygens (including phenoxy) is 1. The summed E-state index contributed by atoms with van der Waals surface area (Å²) in [5, 5.41) is 0. The van der Waals surface area contributed by atoms with Crippen LogP contribution in [0.5, 0.6) is 5.75 Å². The third-order valence-electron chi connectivity index (χ3n) is 5.25. The molecule has 2 aromatic rings. The van der Waals surface area contributed by atoms with Crippen LogP contribution in [-0.2, 0) is 24.1 Å². The normalized spacial score (nSPS) is 16.1. The molecule has 1 fully saturated rings. The quantitative estimate of drug-likeness (QED) is 0.684. The zero-order valence-corrected chi connectivity index (χ0v) is 17.6. The summed E-state index contributed by atoms with van der Waals surface area (Å²) in [4.78, 5) is 26.0. The molecule has 0 saturated carbocycles. The second-order valence-electron chi connectivity index (χ2n) is 7.13. The van der Waals surface area contributed by atoms with Gasteiger partial charge in [-0.25, -0.2) is 17.9 Å². The molecule has 10 heteroatoms. The number of likely N-dealkylation sites (tertiary alicyclic amines) is 1. The van der Waals surface area contributed by atoms with E-state index in [0.29, 0.717) is 0 Å². The first-order valence-electron chi connectivity index (χ1n) is 9.39. The lowest BCUT2D eigenvalue weighted by molar-refractivity contribution is 0.246. The molecule has 1 aromatic heterocycles. The van der Waals surface area contributed by atoms with Crippen LogP contribution in [0.15, 0.2) is 44.9 Å². The Balaban J connectivity index is 1.88. The average molecular weight is 423 g/mol. The van der Waals surface area contributed by atoms with Gasteiger partial charge in [-0.3, -0.25) is 14.3 Å². The Morgan fingerprint density at radius 3 is 2.31 bits per heavy atom. The van der Waals surface area contributed by atoms with Gasteiger partial charge in [-0.15, -0.1) is 0 Å². The summed E-state index contributed by atoms with van der Waals surface area (Å²) in [5.74, 6) is 0.725. The van der Waals surface area contributed by atoms with Gasteiger partial charge in [0.15, 0.2) is 4.90 Å². The van der Waals surface area contributed by atoms with E-state index < -0.39 is 26.2 Å². The molecule has 1 aliphatic rings. The fraction of sp³-hybridized carbons (Fsp3) is 0.474. The second kappa shape index (κ2) is 8.52. The highest BCUT2D eigenvalue weighted by Gasteiger charge is 2.27. The van der Waals surface area contributed by atoms with Gasteiger partial charge in [-0.2, -0.15) is 0 Å². The monoisotopic (exact) mass is 422 g/mol. The Morgan fingerprint density at radius 2 is 1.72 bits per heavy atom. The molecule has 2 heterocycles. The lowest BCUT2D eigenvalue weighted by Gasteiger charge is -2.28. The van der Waals surface area contributed by atoms with E-state index in [4.69, 9.17) is 4.74 Å². The van der Waals surface area contributed by atoms with Crippen molar-refractivity contribution in [1.82, 2.24) is 18.8 Å². The number of nitrogens with zero attached hydrogens (tertiary/aromatic N) is 3. The lowest BCUT2D eigenvalue weighted by Crippen LogP contribution is -2.43. The molecule has 0 spiro atoms. The number of rotatable bonds is 7. The van der Waals surface area contributed by atoms with Crippen LogP contribution in [0.1, 0.15) is 24.4 Å². The van der Waals surface area contributed by atoms with Crippen LogP contribution in [0, 0.1) is 0 Å². The number of hydrogen-bond acceptors (Lipinski definition) is 6. The van der Waals surface area contributed by atoms with Crippen molar-refractivity contribution in [3.05, 3.63) is 56.9 Å². The molecule has 0 unspecified atom stereocenters. The number of aromatic nitrogens is 2. The van der Waals surface area contributed by atoms with E-state index in [9.17, 15) is 18.0 Å². The first-order chi connectivity index (χ1) is 13.7. The van der Waals surface area contributed by atoms with E-state index in [1.54, 1.807) is 7.11 Å². The molecular weight excluding hydrogens is 396 g/mol. The van der Waals surface area contributed by atoms with Crippen molar-refractivity contribution in [2.45, 2.75) is 23.8 Å². The highest BCUT2D eigenvalue weighted by atomic mass is 32.2. The van der Waals surface area contributed by atoms with Gasteiger partial charge in [0, 0.05) is 32.9 Å². The van der Waals surface area contributed by atoms with Gasteiger partial charge in [-0.05, 0) is 43.6 Å². The van der Waals surface area contributed by atoms with Crippen molar-refractivity contribution in [1.29, 1.82) is 0 Å². The average Bonchev–Trinajstić information content (AvgIpc) is 3.24. The summed E-state index contributed by atoms with van der Waals surface area (Å²) >= 11 is 0. The molecular formula is C19H26N4O5S. The number of sulfonamides is 1. The van der Waals surface area contributed by atoms with Crippen LogP contribution in [0.25, 0.3) is 0 Å². The van der Waals surface area contributed by atoms with E-state index in [-0.39, 0.29) is 12.6 Å². The predicted octanol–water partition coefficient (Wildman–Crippen LogP) is 0.208. The molecule has 158 valence electrons. The topological polar surface area (TPSA) is 103 Å². The summed E-state index contributed by atoms with van der Waals surface area (Å²) in [6, 6.07) is 7.35. The van der Waals surface area contributed by atoms with Crippen LogP contribution in [0.3, 0.4) is 0 Å². The number of aryl methyl sites for hydroxylation is 1. The van der Waals surface area contributed by atoms with Gasteiger partial charge < -0.3 is 9.30 Å². The van der Waals surface area contributed by atoms with Crippen LogP contribution in [0.4, 0.5) is 0 Å². The number of methoxy groups -OCH3 is 1. The molecule has 0 aliphatic carbocycles. The van der Waals surface area contributed by atoms with Crippen molar-refractivity contribution in [2.75, 3.05) is 26.7 Å². The van der Waals surface area contributed by atoms with Crippen molar-refractivity contribution < 1.29 is 13.2 Å². The minimum atomic E-state index is -4.09. The third-order valence-corrected chi connectivity index (χ3v) is 6.66. The molecule has 1 aliphatic heterocycles. The van der Waals surface area contributed by atoms with E-state index in [0.717, 1.165) is 52.6 Å². The van der Waals surface area contributed by atoms with Crippen molar-refractivity contribution in [3.63, 3.8) is 0 Å². The number of benzene rings is 1. The van der Waals surface area contributed by atoms with Gasteiger partial charge in [0.05, 0.1) is 7.11 Å². The summed E-state index contributed by atoms with van der Waals surface area (Å²) in [6.07, 6.45) is 3.17. The second-order valence-corrected chi connectivity index (χ2v) is 8.87. The molecule has 0 amide bonds. The molecule has 1 N–H and O–H groups in total. The summed E-state index contributed by atoms with van der Waals surface area (Å²) in [7, 11) is 0.165. The third kappa shape index (κ3) is 4.44. The maximum atomic E-state index is 12.8. The molecule has 29 heavy (non-hydrogen) atoms. The van der Waals surface area contributed by atoms with Gasteiger partial charge in [0.25, 0.3) is 5.56 Å². The molecule has 0 radical (unpaired) electrons. The first kappa shape index (κ1) is 21.3. The summed E-state index contributed by atoms with van der Waals surface area (Å²) in [5.41, 5.74) is -0.464. The molecule has 0 bridgehead atoms. The van der Waals surface area contributed by atoms with E-state index in [1.165, 1.54) is 14.1 Å². The highest BCUT2D eigenvalue weighted by Crippen LogP contribution is 2.26. The zero-order valence-electron chi connectivity index (χ0n) is 16.8. The Bertz CT molecular complexity index is 1080. The van der Waals surface area contributed by atoms with Crippen molar-refractivity contribution in [2.24, 2.45) is 14.1 Å².